The molecule has 0 saturated heterocycles. The van der Waals surface area contributed by atoms with E-state index in [4.69, 9.17) is 21.4 Å². The molecule has 0 spiro atoms. The number of aliphatic hydroxyl groups is 1. The summed E-state index contributed by atoms with van der Waals surface area (Å²) in [6.45, 7) is 4.94. The van der Waals surface area contributed by atoms with Crippen molar-refractivity contribution in [1.29, 1.82) is 0 Å². The van der Waals surface area contributed by atoms with E-state index < -0.39 is 0 Å². The molecule has 0 fully saturated rings. The third-order valence-electron chi connectivity index (χ3n) is 2.21. The van der Waals surface area contributed by atoms with Gasteiger partial charge in [-0.05, 0) is 30.4 Å². The Bertz CT molecular complexity index is 329. The van der Waals surface area contributed by atoms with E-state index >= 15 is 0 Å². The molecule has 1 heterocycles. The van der Waals surface area contributed by atoms with E-state index in [9.17, 15) is 0 Å². The van der Waals surface area contributed by atoms with Crippen LogP contribution < -0.4 is 4.74 Å². The standard InChI is InChI=1S/C12H18ClNO2/c1-9(2)4-3-5-16-12-11(13)6-10(8-15)7-14-12/h6-7,9,15H,3-5,8H2,1-2H3. The second-order valence-corrected chi connectivity index (χ2v) is 4.58. The lowest BCUT2D eigenvalue weighted by atomic mass is 10.1. The number of hydrogen-bond donors (Lipinski definition) is 1. The van der Waals surface area contributed by atoms with Crippen LogP contribution in [0.1, 0.15) is 32.3 Å². The van der Waals surface area contributed by atoms with E-state index in [0.29, 0.717) is 29.0 Å². The van der Waals surface area contributed by atoms with Gasteiger partial charge in [-0.15, -0.1) is 0 Å². The van der Waals surface area contributed by atoms with Gasteiger partial charge in [0, 0.05) is 6.20 Å². The Morgan fingerprint density at radius 2 is 2.25 bits per heavy atom. The van der Waals surface area contributed by atoms with Crippen LogP contribution in [-0.4, -0.2) is 16.7 Å². The SMILES string of the molecule is CC(C)CCCOc1ncc(CO)cc1Cl. The Labute approximate surface area is 101 Å². The molecule has 0 aromatic carbocycles. The number of ether oxygens (including phenoxy) is 1. The number of aliphatic hydroxyl groups excluding tert-OH is 1. The van der Waals surface area contributed by atoms with Crippen molar-refractivity contribution in [2.75, 3.05) is 6.61 Å². The third-order valence-corrected chi connectivity index (χ3v) is 2.48. The highest BCUT2D eigenvalue weighted by Gasteiger charge is 2.04. The maximum Gasteiger partial charge on any atom is 0.232 e. The Morgan fingerprint density at radius 3 is 2.81 bits per heavy atom. The van der Waals surface area contributed by atoms with Crippen LogP contribution in [0, 0.1) is 5.92 Å². The van der Waals surface area contributed by atoms with Crippen molar-refractivity contribution < 1.29 is 9.84 Å². The van der Waals surface area contributed by atoms with Crippen molar-refractivity contribution >= 4 is 11.6 Å². The topological polar surface area (TPSA) is 42.4 Å². The first-order valence-corrected chi connectivity index (χ1v) is 5.89. The molecule has 0 amide bonds. The van der Waals surface area contributed by atoms with Crippen LogP contribution in [0.3, 0.4) is 0 Å². The van der Waals surface area contributed by atoms with Gasteiger partial charge in [-0.25, -0.2) is 4.98 Å². The highest BCUT2D eigenvalue weighted by atomic mass is 35.5. The number of aromatic nitrogens is 1. The minimum absolute atomic E-state index is 0.0552. The summed E-state index contributed by atoms with van der Waals surface area (Å²) >= 11 is 5.95. The van der Waals surface area contributed by atoms with Gasteiger partial charge in [0.25, 0.3) is 0 Å². The summed E-state index contributed by atoms with van der Waals surface area (Å²) in [6.07, 6.45) is 3.70. The van der Waals surface area contributed by atoms with Crippen molar-refractivity contribution in [3.05, 3.63) is 22.8 Å². The average Bonchev–Trinajstić information content (AvgIpc) is 2.25. The highest BCUT2D eigenvalue weighted by molar-refractivity contribution is 6.31. The van der Waals surface area contributed by atoms with Gasteiger partial charge in [-0.3, -0.25) is 0 Å². The van der Waals surface area contributed by atoms with Crippen LogP contribution in [0.4, 0.5) is 0 Å². The lowest BCUT2D eigenvalue weighted by Gasteiger charge is -2.08. The fraction of sp³-hybridized carbons (Fsp3) is 0.583. The predicted octanol–water partition coefficient (Wildman–Crippen LogP) is 3.04. The summed E-state index contributed by atoms with van der Waals surface area (Å²) in [5.74, 6) is 1.13. The smallest absolute Gasteiger partial charge is 0.232 e. The molecule has 3 nitrogen and oxygen atoms in total. The van der Waals surface area contributed by atoms with Crippen molar-refractivity contribution in [3.63, 3.8) is 0 Å². The zero-order chi connectivity index (χ0) is 12.0. The molecular weight excluding hydrogens is 226 g/mol. The first kappa shape index (κ1) is 13.3. The molecule has 16 heavy (non-hydrogen) atoms. The number of rotatable bonds is 6. The molecule has 1 aromatic rings. The van der Waals surface area contributed by atoms with Gasteiger partial charge in [0.15, 0.2) is 0 Å². The molecule has 0 radical (unpaired) electrons. The molecule has 0 atom stereocenters. The molecule has 0 aliphatic carbocycles. The van der Waals surface area contributed by atoms with Gasteiger partial charge in [0.2, 0.25) is 5.88 Å². The van der Waals surface area contributed by atoms with Crippen molar-refractivity contribution in [2.24, 2.45) is 5.92 Å². The highest BCUT2D eigenvalue weighted by Crippen LogP contribution is 2.22. The number of hydrogen-bond acceptors (Lipinski definition) is 3. The van der Waals surface area contributed by atoms with Gasteiger partial charge in [0.1, 0.15) is 5.02 Å². The lowest BCUT2D eigenvalue weighted by molar-refractivity contribution is 0.277. The lowest BCUT2D eigenvalue weighted by Crippen LogP contribution is -2.02. The molecular formula is C12H18ClNO2. The van der Waals surface area contributed by atoms with Gasteiger partial charge in [-0.1, -0.05) is 25.4 Å². The first-order chi connectivity index (χ1) is 7.63. The molecule has 0 aliphatic heterocycles. The van der Waals surface area contributed by atoms with Crippen molar-refractivity contribution in [3.8, 4) is 5.88 Å². The zero-order valence-electron chi connectivity index (χ0n) is 9.74. The summed E-state index contributed by atoms with van der Waals surface area (Å²) in [5.41, 5.74) is 0.694. The maximum absolute atomic E-state index is 8.89. The summed E-state index contributed by atoms with van der Waals surface area (Å²) in [5, 5.41) is 9.34. The fourth-order valence-electron chi connectivity index (χ4n) is 1.32. The van der Waals surface area contributed by atoms with Gasteiger partial charge in [-0.2, -0.15) is 0 Å². The second kappa shape index (κ2) is 6.71. The van der Waals surface area contributed by atoms with Crippen LogP contribution >= 0.6 is 11.6 Å². The van der Waals surface area contributed by atoms with Crippen LogP contribution in [0.15, 0.2) is 12.3 Å². The number of pyridine rings is 1. The van der Waals surface area contributed by atoms with E-state index in [2.05, 4.69) is 18.8 Å². The normalized spacial score (nSPS) is 10.8. The molecule has 0 aliphatic rings. The van der Waals surface area contributed by atoms with Crippen molar-refractivity contribution in [2.45, 2.75) is 33.3 Å². The van der Waals surface area contributed by atoms with Crippen LogP contribution in [-0.2, 0) is 6.61 Å². The fourth-order valence-corrected chi connectivity index (χ4v) is 1.56. The zero-order valence-corrected chi connectivity index (χ0v) is 10.5. The molecule has 1 rings (SSSR count). The Hall–Kier alpha value is -0.800. The average molecular weight is 244 g/mol. The Balaban J connectivity index is 2.42. The minimum atomic E-state index is -0.0552. The first-order valence-electron chi connectivity index (χ1n) is 5.51. The summed E-state index contributed by atoms with van der Waals surface area (Å²) in [6, 6.07) is 1.67. The molecule has 1 aromatic heterocycles. The van der Waals surface area contributed by atoms with E-state index in [1.54, 1.807) is 12.3 Å². The second-order valence-electron chi connectivity index (χ2n) is 4.17. The number of nitrogens with zero attached hydrogens (tertiary/aromatic N) is 1. The largest absolute Gasteiger partial charge is 0.477 e. The van der Waals surface area contributed by atoms with Gasteiger partial charge < -0.3 is 9.84 Å². The Morgan fingerprint density at radius 1 is 1.50 bits per heavy atom. The van der Waals surface area contributed by atoms with Gasteiger partial charge in [0.05, 0.1) is 13.2 Å². The van der Waals surface area contributed by atoms with E-state index in [1.165, 1.54) is 0 Å². The molecule has 0 bridgehead atoms. The molecule has 1 N–H and O–H groups in total. The monoisotopic (exact) mass is 243 g/mol. The number of halogens is 1. The van der Waals surface area contributed by atoms with E-state index in [1.807, 2.05) is 0 Å². The van der Waals surface area contributed by atoms with E-state index in [0.717, 1.165) is 12.8 Å². The van der Waals surface area contributed by atoms with Crippen LogP contribution in [0.5, 0.6) is 5.88 Å². The summed E-state index contributed by atoms with van der Waals surface area (Å²) in [4.78, 5) is 4.05. The summed E-state index contributed by atoms with van der Waals surface area (Å²) in [7, 11) is 0. The third kappa shape index (κ3) is 4.37. The molecule has 4 heteroatoms. The predicted molar refractivity (Wildman–Crippen MR) is 64.7 cm³/mol. The van der Waals surface area contributed by atoms with Crippen molar-refractivity contribution in [1.82, 2.24) is 4.98 Å². The summed E-state index contributed by atoms with van der Waals surface area (Å²) < 4.78 is 5.46. The van der Waals surface area contributed by atoms with E-state index in [-0.39, 0.29) is 6.61 Å². The van der Waals surface area contributed by atoms with Gasteiger partial charge >= 0.3 is 0 Å². The quantitative estimate of drug-likeness (QED) is 0.781. The Kier molecular flexibility index (Phi) is 5.56. The van der Waals surface area contributed by atoms with Crippen LogP contribution in [0.2, 0.25) is 5.02 Å². The minimum Gasteiger partial charge on any atom is -0.477 e. The van der Waals surface area contributed by atoms with Crippen LogP contribution in [0.25, 0.3) is 0 Å². The molecule has 0 unspecified atom stereocenters. The molecule has 90 valence electrons. The maximum atomic E-state index is 8.89. The molecule has 0 saturated carbocycles.